The number of carbonyl (C=O) groups is 3. The summed E-state index contributed by atoms with van der Waals surface area (Å²) in [6.07, 6.45) is 0.903. The largest absolute Gasteiger partial charge is 0.478 e. The molecular weight excluding hydrogens is 254 g/mol. The summed E-state index contributed by atoms with van der Waals surface area (Å²) < 4.78 is 0. The van der Waals surface area contributed by atoms with Gasteiger partial charge in [0.25, 0.3) is 0 Å². The van der Waals surface area contributed by atoms with Crippen LogP contribution < -0.4 is 0 Å². The average molecular weight is 261 g/mol. The summed E-state index contributed by atoms with van der Waals surface area (Å²) >= 11 is 0. The normalized spacial score (nSPS) is 10.3. The fourth-order valence-electron chi connectivity index (χ4n) is 1.81. The minimum Gasteiger partial charge on any atom is -0.478 e. The maximum absolute atomic E-state index is 11.2. The number of pyridine rings is 1. The molecule has 7 heteroatoms. The minimum atomic E-state index is -1.52. The van der Waals surface area contributed by atoms with Crippen molar-refractivity contribution in [1.29, 1.82) is 0 Å². The Balaban J connectivity index is 3.02. The van der Waals surface area contributed by atoms with Crippen LogP contribution in [0.5, 0.6) is 0 Å². The molecule has 2 rings (SSSR count). The molecule has 0 unspecified atom stereocenters. The SMILES string of the molecule is O=C(O)c1cnc2cccc(C(=O)O)c2c1C(=O)O. The third kappa shape index (κ3) is 1.97. The molecule has 0 radical (unpaired) electrons. The van der Waals surface area contributed by atoms with Crippen LogP contribution in [0.4, 0.5) is 0 Å². The maximum Gasteiger partial charge on any atom is 0.338 e. The second-order valence-electron chi connectivity index (χ2n) is 3.66. The van der Waals surface area contributed by atoms with Crippen molar-refractivity contribution in [2.24, 2.45) is 0 Å². The van der Waals surface area contributed by atoms with Gasteiger partial charge in [0.15, 0.2) is 0 Å². The van der Waals surface area contributed by atoms with E-state index in [1.807, 2.05) is 0 Å². The van der Waals surface area contributed by atoms with Crippen LogP contribution in [0.2, 0.25) is 0 Å². The lowest BCUT2D eigenvalue weighted by molar-refractivity contribution is 0.0652. The molecule has 0 amide bonds. The number of hydrogen-bond acceptors (Lipinski definition) is 4. The van der Waals surface area contributed by atoms with Gasteiger partial charge in [-0.25, -0.2) is 14.4 Å². The molecule has 0 aliphatic heterocycles. The number of aromatic nitrogens is 1. The Kier molecular flexibility index (Phi) is 2.88. The van der Waals surface area contributed by atoms with Crippen molar-refractivity contribution in [2.75, 3.05) is 0 Å². The van der Waals surface area contributed by atoms with E-state index in [2.05, 4.69) is 4.98 Å². The highest BCUT2D eigenvalue weighted by atomic mass is 16.4. The highest BCUT2D eigenvalue weighted by molar-refractivity contribution is 6.16. The van der Waals surface area contributed by atoms with E-state index in [0.29, 0.717) is 0 Å². The predicted molar refractivity (Wildman–Crippen MR) is 62.6 cm³/mol. The molecule has 1 aromatic carbocycles. The summed E-state index contributed by atoms with van der Waals surface area (Å²) in [4.78, 5) is 37.1. The lowest BCUT2D eigenvalue weighted by Gasteiger charge is -2.08. The van der Waals surface area contributed by atoms with E-state index in [0.717, 1.165) is 6.20 Å². The molecule has 0 atom stereocenters. The van der Waals surface area contributed by atoms with Gasteiger partial charge in [0.05, 0.1) is 22.2 Å². The second kappa shape index (κ2) is 4.37. The van der Waals surface area contributed by atoms with E-state index in [-0.39, 0.29) is 16.5 Å². The van der Waals surface area contributed by atoms with Gasteiger partial charge in [-0.3, -0.25) is 4.98 Å². The van der Waals surface area contributed by atoms with E-state index in [1.54, 1.807) is 0 Å². The smallest absolute Gasteiger partial charge is 0.338 e. The molecule has 0 fully saturated rings. The molecule has 1 heterocycles. The zero-order valence-electron chi connectivity index (χ0n) is 9.32. The van der Waals surface area contributed by atoms with Gasteiger partial charge in [-0.2, -0.15) is 0 Å². The van der Waals surface area contributed by atoms with E-state index in [1.165, 1.54) is 18.2 Å². The molecule has 1 aromatic heterocycles. The first-order valence-corrected chi connectivity index (χ1v) is 5.05. The van der Waals surface area contributed by atoms with Crippen LogP contribution in [0.15, 0.2) is 24.4 Å². The van der Waals surface area contributed by atoms with Gasteiger partial charge in [-0.05, 0) is 12.1 Å². The molecule has 19 heavy (non-hydrogen) atoms. The Morgan fingerprint density at radius 3 is 2.05 bits per heavy atom. The molecule has 96 valence electrons. The van der Waals surface area contributed by atoms with Gasteiger partial charge >= 0.3 is 17.9 Å². The number of benzene rings is 1. The summed E-state index contributed by atoms with van der Waals surface area (Å²) in [5, 5.41) is 26.9. The Hall–Kier alpha value is -2.96. The van der Waals surface area contributed by atoms with Gasteiger partial charge in [0.1, 0.15) is 0 Å². The Morgan fingerprint density at radius 2 is 1.53 bits per heavy atom. The molecule has 3 N–H and O–H groups in total. The van der Waals surface area contributed by atoms with Gasteiger partial charge in [0.2, 0.25) is 0 Å². The highest BCUT2D eigenvalue weighted by Gasteiger charge is 2.23. The quantitative estimate of drug-likeness (QED) is 0.760. The summed E-state index contributed by atoms with van der Waals surface area (Å²) in [7, 11) is 0. The summed E-state index contributed by atoms with van der Waals surface area (Å²) in [6.45, 7) is 0. The topological polar surface area (TPSA) is 125 Å². The molecule has 0 saturated carbocycles. The van der Waals surface area contributed by atoms with Gasteiger partial charge in [-0.1, -0.05) is 6.07 Å². The molecule has 0 spiro atoms. The lowest BCUT2D eigenvalue weighted by atomic mass is 9.99. The molecule has 0 aliphatic carbocycles. The van der Waals surface area contributed by atoms with Gasteiger partial charge in [-0.15, -0.1) is 0 Å². The lowest BCUT2D eigenvalue weighted by Crippen LogP contribution is -2.12. The standard InChI is InChI=1S/C12H7NO6/c14-10(15)5-2-1-3-7-8(5)9(12(18)19)6(4-13-7)11(16)17/h1-4H,(H,14,15)(H,16,17)(H,18,19). The number of carboxylic acids is 3. The fourth-order valence-corrected chi connectivity index (χ4v) is 1.81. The van der Waals surface area contributed by atoms with Crippen molar-refractivity contribution < 1.29 is 29.7 Å². The maximum atomic E-state index is 11.2. The highest BCUT2D eigenvalue weighted by Crippen LogP contribution is 2.24. The third-order valence-electron chi connectivity index (χ3n) is 2.57. The molecular formula is C12H7NO6. The molecule has 0 saturated heterocycles. The van der Waals surface area contributed by atoms with Crippen LogP contribution >= 0.6 is 0 Å². The van der Waals surface area contributed by atoms with Crippen molar-refractivity contribution in [3.8, 4) is 0 Å². The van der Waals surface area contributed by atoms with E-state index >= 15 is 0 Å². The first-order valence-electron chi connectivity index (χ1n) is 5.05. The average Bonchev–Trinajstić information content (AvgIpc) is 2.35. The van der Waals surface area contributed by atoms with Crippen molar-refractivity contribution in [3.05, 3.63) is 41.1 Å². The Labute approximate surface area is 105 Å². The van der Waals surface area contributed by atoms with Crippen molar-refractivity contribution in [1.82, 2.24) is 4.98 Å². The number of nitrogens with zero attached hydrogens (tertiary/aromatic N) is 1. The Morgan fingerprint density at radius 1 is 0.895 bits per heavy atom. The summed E-state index contributed by atoms with van der Waals surface area (Å²) in [6, 6.07) is 4.02. The number of fused-ring (bicyclic) bond motifs is 1. The van der Waals surface area contributed by atoms with Gasteiger partial charge < -0.3 is 15.3 Å². The molecule has 0 aliphatic rings. The van der Waals surface area contributed by atoms with Crippen LogP contribution in [-0.2, 0) is 0 Å². The first-order chi connectivity index (χ1) is 8.93. The first kappa shape index (κ1) is 12.5. The third-order valence-corrected chi connectivity index (χ3v) is 2.57. The van der Waals surface area contributed by atoms with E-state index in [9.17, 15) is 14.4 Å². The van der Waals surface area contributed by atoms with Crippen molar-refractivity contribution in [3.63, 3.8) is 0 Å². The van der Waals surface area contributed by atoms with E-state index < -0.39 is 29.0 Å². The van der Waals surface area contributed by atoms with Crippen LogP contribution in [0, 0.1) is 0 Å². The molecule has 7 nitrogen and oxygen atoms in total. The number of aromatic carboxylic acids is 3. The second-order valence-corrected chi connectivity index (χ2v) is 3.66. The van der Waals surface area contributed by atoms with Crippen LogP contribution in [0.1, 0.15) is 31.1 Å². The monoisotopic (exact) mass is 261 g/mol. The molecule has 0 bridgehead atoms. The fraction of sp³-hybridized carbons (Fsp3) is 0. The van der Waals surface area contributed by atoms with Crippen LogP contribution in [-0.4, -0.2) is 38.2 Å². The van der Waals surface area contributed by atoms with Crippen LogP contribution in [0.3, 0.4) is 0 Å². The Bertz CT molecular complexity index is 721. The van der Waals surface area contributed by atoms with Crippen molar-refractivity contribution in [2.45, 2.75) is 0 Å². The molecule has 2 aromatic rings. The zero-order valence-corrected chi connectivity index (χ0v) is 9.32. The van der Waals surface area contributed by atoms with Crippen molar-refractivity contribution >= 4 is 28.8 Å². The van der Waals surface area contributed by atoms with Crippen LogP contribution in [0.25, 0.3) is 10.9 Å². The zero-order chi connectivity index (χ0) is 14.2. The number of carboxylic acid groups (broad SMARTS) is 3. The predicted octanol–water partition coefficient (Wildman–Crippen LogP) is 1.33. The minimum absolute atomic E-state index is 0.113. The summed E-state index contributed by atoms with van der Waals surface area (Å²) in [5.74, 6) is -4.34. The number of hydrogen-bond donors (Lipinski definition) is 3. The number of rotatable bonds is 3. The summed E-state index contributed by atoms with van der Waals surface area (Å²) in [5.41, 5.74) is -1.31. The van der Waals surface area contributed by atoms with E-state index in [4.69, 9.17) is 15.3 Å². The van der Waals surface area contributed by atoms with Gasteiger partial charge in [0, 0.05) is 11.6 Å².